The van der Waals surface area contributed by atoms with E-state index in [-0.39, 0.29) is 0 Å². The van der Waals surface area contributed by atoms with Crippen molar-refractivity contribution in [3.8, 4) is 0 Å². The van der Waals surface area contributed by atoms with Gasteiger partial charge in [-0.05, 0) is 12.8 Å². The Morgan fingerprint density at radius 3 is 2.87 bits per heavy atom. The molecule has 3 N–H and O–H groups in total. The standard InChI is InChI=1S/C10H19N3OS/c1-4-9-7(3)8(5-6(2)15-9)12-13-10(11)14/h6-7,9H,4-5H2,1-3H3,(H3,11,13,14)/t6-,7-,9+/m1/s1. The van der Waals surface area contributed by atoms with Crippen LogP contribution < -0.4 is 11.2 Å². The van der Waals surface area contributed by atoms with E-state index in [0.717, 1.165) is 18.6 Å². The van der Waals surface area contributed by atoms with E-state index >= 15 is 0 Å². The van der Waals surface area contributed by atoms with Crippen LogP contribution in [0, 0.1) is 5.92 Å². The van der Waals surface area contributed by atoms with Crippen LogP contribution in [0.3, 0.4) is 0 Å². The quantitative estimate of drug-likeness (QED) is 0.711. The molecule has 0 spiro atoms. The third-order valence-corrected chi connectivity index (χ3v) is 4.42. The summed E-state index contributed by atoms with van der Waals surface area (Å²) in [5.74, 6) is 0.419. The molecule has 1 saturated heterocycles. The average molecular weight is 229 g/mol. The van der Waals surface area contributed by atoms with Crippen molar-refractivity contribution in [2.75, 3.05) is 0 Å². The van der Waals surface area contributed by atoms with E-state index in [0.29, 0.717) is 16.4 Å². The minimum Gasteiger partial charge on any atom is -0.350 e. The summed E-state index contributed by atoms with van der Waals surface area (Å²) >= 11 is 2.01. The van der Waals surface area contributed by atoms with E-state index in [4.69, 9.17) is 5.73 Å². The minimum absolute atomic E-state index is 0.419. The fourth-order valence-corrected chi connectivity index (χ4v) is 3.33. The van der Waals surface area contributed by atoms with E-state index in [9.17, 15) is 4.79 Å². The Morgan fingerprint density at radius 1 is 1.67 bits per heavy atom. The van der Waals surface area contributed by atoms with E-state index in [1.165, 1.54) is 0 Å². The second-order valence-electron chi connectivity index (χ2n) is 3.97. The maximum Gasteiger partial charge on any atom is 0.332 e. The number of urea groups is 1. The van der Waals surface area contributed by atoms with E-state index < -0.39 is 6.03 Å². The van der Waals surface area contributed by atoms with E-state index in [1.54, 1.807) is 0 Å². The highest BCUT2D eigenvalue weighted by Crippen LogP contribution is 2.35. The fourth-order valence-electron chi connectivity index (χ4n) is 1.88. The SMILES string of the molecule is CC[C@@H]1S[C@H](C)CC(=NNC(N)=O)[C@H]1C. The first kappa shape index (κ1) is 12.4. The Kier molecular flexibility index (Phi) is 4.45. The molecular formula is C10H19N3OS. The monoisotopic (exact) mass is 229 g/mol. The number of hydrogen-bond donors (Lipinski definition) is 2. The Bertz CT molecular complexity index is 267. The highest BCUT2D eigenvalue weighted by atomic mass is 32.2. The molecule has 1 rings (SSSR count). The second kappa shape index (κ2) is 5.39. The molecule has 1 aliphatic heterocycles. The zero-order chi connectivity index (χ0) is 11.4. The molecule has 3 atom stereocenters. The summed E-state index contributed by atoms with van der Waals surface area (Å²) in [5.41, 5.74) is 8.38. The number of amides is 2. The number of nitrogens with one attached hydrogen (secondary N) is 1. The lowest BCUT2D eigenvalue weighted by atomic mass is 9.95. The van der Waals surface area contributed by atoms with Crippen molar-refractivity contribution in [3.63, 3.8) is 0 Å². The molecule has 0 aromatic heterocycles. The molecule has 1 heterocycles. The van der Waals surface area contributed by atoms with Crippen LogP contribution in [-0.2, 0) is 0 Å². The van der Waals surface area contributed by atoms with Crippen molar-refractivity contribution in [2.45, 2.75) is 44.1 Å². The number of nitrogens with two attached hydrogens (primary N) is 1. The van der Waals surface area contributed by atoms with Crippen LogP contribution >= 0.6 is 11.8 Å². The van der Waals surface area contributed by atoms with Gasteiger partial charge in [-0.25, -0.2) is 10.2 Å². The Balaban J connectivity index is 2.69. The van der Waals surface area contributed by atoms with Gasteiger partial charge < -0.3 is 5.73 Å². The molecule has 0 unspecified atom stereocenters. The van der Waals surface area contributed by atoms with Gasteiger partial charge in [0.1, 0.15) is 0 Å². The number of nitrogens with zero attached hydrogens (tertiary/aromatic N) is 1. The minimum atomic E-state index is -0.589. The molecular weight excluding hydrogens is 210 g/mol. The van der Waals surface area contributed by atoms with Crippen LogP contribution in [0.25, 0.3) is 0 Å². The molecule has 1 fully saturated rings. The molecule has 2 amide bonds. The van der Waals surface area contributed by atoms with Gasteiger partial charge in [0.05, 0.1) is 0 Å². The van der Waals surface area contributed by atoms with Gasteiger partial charge in [-0.1, -0.05) is 20.8 Å². The number of hydrogen-bond acceptors (Lipinski definition) is 3. The number of thioether (sulfide) groups is 1. The largest absolute Gasteiger partial charge is 0.350 e. The number of carbonyl (C=O) groups is 1. The Morgan fingerprint density at radius 2 is 2.33 bits per heavy atom. The lowest BCUT2D eigenvalue weighted by Crippen LogP contribution is -2.35. The van der Waals surface area contributed by atoms with Crippen LogP contribution in [-0.4, -0.2) is 22.2 Å². The van der Waals surface area contributed by atoms with Gasteiger partial charge in [0.2, 0.25) is 0 Å². The van der Waals surface area contributed by atoms with Gasteiger partial charge in [-0.3, -0.25) is 0 Å². The topological polar surface area (TPSA) is 67.5 Å². The number of rotatable bonds is 2. The average Bonchev–Trinajstić information content (AvgIpc) is 2.18. The van der Waals surface area contributed by atoms with Crippen LogP contribution in [0.4, 0.5) is 4.79 Å². The van der Waals surface area contributed by atoms with Crippen LogP contribution in [0.1, 0.15) is 33.6 Å². The zero-order valence-corrected chi connectivity index (χ0v) is 10.3. The molecule has 86 valence electrons. The molecule has 0 aromatic carbocycles. The number of carbonyl (C=O) groups excluding carboxylic acids is 1. The summed E-state index contributed by atoms with van der Waals surface area (Å²) < 4.78 is 0. The third kappa shape index (κ3) is 3.41. The summed E-state index contributed by atoms with van der Waals surface area (Å²) in [6.45, 7) is 6.54. The van der Waals surface area contributed by atoms with Crippen molar-refractivity contribution in [1.29, 1.82) is 0 Å². The lowest BCUT2D eigenvalue weighted by Gasteiger charge is -2.32. The lowest BCUT2D eigenvalue weighted by molar-refractivity contribution is 0.249. The summed E-state index contributed by atoms with van der Waals surface area (Å²) in [6.07, 6.45) is 2.06. The van der Waals surface area contributed by atoms with Gasteiger partial charge in [0.25, 0.3) is 0 Å². The summed E-state index contributed by atoms with van der Waals surface area (Å²) in [6, 6.07) is -0.589. The number of primary amides is 1. The molecule has 0 aliphatic carbocycles. The van der Waals surface area contributed by atoms with E-state index in [1.807, 2.05) is 11.8 Å². The predicted octanol–water partition coefficient (Wildman–Crippen LogP) is 1.95. The molecule has 15 heavy (non-hydrogen) atoms. The van der Waals surface area contributed by atoms with Crippen LogP contribution in [0.2, 0.25) is 0 Å². The third-order valence-electron chi connectivity index (χ3n) is 2.70. The van der Waals surface area contributed by atoms with Gasteiger partial charge in [0.15, 0.2) is 0 Å². The molecule has 0 aromatic rings. The van der Waals surface area contributed by atoms with Crippen LogP contribution in [0.5, 0.6) is 0 Å². The first-order chi connectivity index (χ1) is 7.04. The van der Waals surface area contributed by atoms with Crippen molar-refractivity contribution in [1.82, 2.24) is 5.43 Å². The molecule has 5 heteroatoms. The number of hydrazone groups is 1. The van der Waals surface area contributed by atoms with Gasteiger partial charge >= 0.3 is 6.03 Å². The molecule has 1 aliphatic rings. The highest BCUT2D eigenvalue weighted by molar-refractivity contribution is 8.00. The smallest absolute Gasteiger partial charge is 0.332 e. The summed E-state index contributed by atoms with van der Waals surface area (Å²) in [4.78, 5) is 10.6. The van der Waals surface area contributed by atoms with Crippen LogP contribution in [0.15, 0.2) is 5.10 Å². The maximum absolute atomic E-state index is 10.6. The summed E-state index contributed by atoms with van der Waals surface area (Å²) in [7, 11) is 0. The van der Waals surface area contributed by atoms with Crippen molar-refractivity contribution in [3.05, 3.63) is 0 Å². The van der Waals surface area contributed by atoms with Gasteiger partial charge in [0, 0.05) is 22.1 Å². The first-order valence-electron chi connectivity index (χ1n) is 5.32. The van der Waals surface area contributed by atoms with Crippen molar-refractivity contribution in [2.24, 2.45) is 16.8 Å². The molecule has 0 saturated carbocycles. The van der Waals surface area contributed by atoms with Crippen molar-refractivity contribution >= 4 is 23.5 Å². The van der Waals surface area contributed by atoms with E-state index in [2.05, 4.69) is 31.3 Å². The maximum atomic E-state index is 10.6. The molecule has 4 nitrogen and oxygen atoms in total. The van der Waals surface area contributed by atoms with Gasteiger partial charge in [-0.15, -0.1) is 0 Å². The first-order valence-corrected chi connectivity index (χ1v) is 6.26. The molecule has 0 radical (unpaired) electrons. The molecule has 0 bridgehead atoms. The van der Waals surface area contributed by atoms with Crippen molar-refractivity contribution < 1.29 is 4.79 Å². The Hall–Kier alpha value is -0.710. The Labute approximate surface area is 95.1 Å². The highest BCUT2D eigenvalue weighted by Gasteiger charge is 2.29. The second-order valence-corrected chi connectivity index (χ2v) is 5.65. The zero-order valence-electron chi connectivity index (χ0n) is 9.49. The summed E-state index contributed by atoms with van der Waals surface area (Å²) in [5, 5.41) is 5.26. The van der Waals surface area contributed by atoms with Gasteiger partial charge in [-0.2, -0.15) is 16.9 Å². The fraction of sp³-hybridized carbons (Fsp3) is 0.800. The normalized spacial score (nSPS) is 34.1. The predicted molar refractivity (Wildman–Crippen MR) is 65.1 cm³/mol.